The molecule has 2 atom stereocenters. The zero-order chi connectivity index (χ0) is 15.4. The molecule has 116 valence electrons. The smallest absolute Gasteiger partial charge is 0.326 e. The first-order valence-electron chi connectivity index (χ1n) is 7.09. The molecule has 0 bridgehead atoms. The highest BCUT2D eigenvalue weighted by atomic mass is 16.4. The molecule has 2 amide bonds. The van der Waals surface area contributed by atoms with Crippen molar-refractivity contribution >= 4 is 12.0 Å². The fraction of sp³-hybridized carbons (Fsp3) is 0.692. The Morgan fingerprint density at radius 3 is 2.90 bits per heavy atom. The van der Waals surface area contributed by atoms with Gasteiger partial charge in [0.05, 0.1) is 0 Å². The number of hydrogen-bond donors (Lipinski definition) is 2. The van der Waals surface area contributed by atoms with Gasteiger partial charge in [0.2, 0.25) is 0 Å². The van der Waals surface area contributed by atoms with Gasteiger partial charge in [0, 0.05) is 26.6 Å². The molecule has 8 nitrogen and oxygen atoms in total. The first-order chi connectivity index (χ1) is 9.97. The Morgan fingerprint density at radius 1 is 1.52 bits per heavy atom. The maximum absolute atomic E-state index is 12.1. The first-order valence-corrected chi connectivity index (χ1v) is 7.09. The van der Waals surface area contributed by atoms with Gasteiger partial charge in [-0.25, -0.2) is 14.6 Å². The van der Waals surface area contributed by atoms with Crippen LogP contribution in [0.2, 0.25) is 0 Å². The molecule has 1 aromatic heterocycles. The van der Waals surface area contributed by atoms with Crippen LogP contribution in [-0.2, 0) is 18.3 Å². The number of nitrogens with one attached hydrogen (secondary N) is 1. The van der Waals surface area contributed by atoms with Crippen molar-refractivity contribution in [3.05, 3.63) is 12.2 Å². The van der Waals surface area contributed by atoms with Gasteiger partial charge in [-0.2, -0.15) is 5.10 Å². The van der Waals surface area contributed by atoms with Crippen molar-refractivity contribution in [1.29, 1.82) is 0 Å². The number of likely N-dealkylation sites (tertiary alicyclic amines) is 1. The Kier molecular flexibility index (Phi) is 4.77. The second-order valence-electron chi connectivity index (χ2n) is 5.49. The van der Waals surface area contributed by atoms with Crippen molar-refractivity contribution in [3.63, 3.8) is 0 Å². The van der Waals surface area contributed by atoms with E-state index in [0.29, 0.717) is 37.7 Å². The fourth-order valence-electron chi connectivity index (χ4n) is 2.50. The zero-order valence-corrected chi connectivity index (χ0v) is 12.3. The summed E-state index contributed by atoms with van der Waals surface area (Å²) in [7, 11) is 1.78. The second-order valence-corrected chi connectivity index (χ2v) is 5.49. The number of aliphatic carboxylic acids is 1. The summed E-state index contributed by atoms with van der Waals surface area (Å²) in [5.74, 6) is 0.0378. The number of carbonyl (C=O) groups excluding carboxylic acids is 1. The van der Waals surface area contributed by atoms with Crippen molar-refractivity contribution in [3.8, 4) is 0 Å². The third kappa shape index (κ3) is 3.93. The molecule has 0 aliphatic carbocycles. The maximum atomic E-state index is 12.1. The summed E-state index contributed by atoms with van der Waals surface area (Å²) in [6, 6.07) is -1.06. The standard InChI is InChI=1S/C13H21N5O3/c1-9-4-6-18(10(7-9)12(19)20)13(21)14-5-3-11-15-8-17(2)16-11/h8-10H,3-7H2,1-2H3,(H,14,21)(H,19,20). The predicted molar refractivity (Wildman–Crippen MR) is 74.6 cm³/mol. The van der Waals surface area contributed by atoms with E-state index in [1.54, 1.807) is 18.1 Å². The topological polar surface area (TPSA) is 100 Å². The van der Waals surface area contributed by atoms with Gasteiger partial charge in [-0.3, -0.25) is 4.68 Å². The number of aromatic nitrogens is 3. The number of carbonyl (C=O) groups is 2. The third-order valence-electron chi connectivity index (χ3n) is 3.68. The molecule has 0 saturated carbocycles. The van der Waals surface area contributed by atoms with Crippen LogP contribution in [0, 0.1) is 5.92 Å². The van der Waals surface area contributed by atoms with E-state index in [-0.39, 0.29) is 6.03 Å². The molecule has 2 rings (SSSR count). The highest BCUT2D eigenvalue weighted by Crippen LogP contribution is 2.22. The van der Waals surface area contributed by atoms with Crippen LogP contribution in [0.15, 0.2) is 6.33 Å². The molecule has 8 heteroatoms. The monoisotopic (exact) mass is 295 g/mol. The van der Waals surface area contributed by atoms with Crippen molar-refractivity contribution in [2.45, 2.75) is 32.2 Å². The molecule has 2 N–H and O–H groups in total. The van der Waals surface area contributed by atoms with Gasteiger partial charge >= 0.3 is 12.0 Å². The van der Waals surface area contributed by atoms with Crippen LogP contribution in [0.5, 0.6) is 0 Å². The van der Waals surface area contributed by atoms with Gasteiger partial charge in [-0.05, 0) is 18.8 Å². The molecule has 1 aliphatic heterocycles. The highest BCUT2D eigenvalue weighted by Gasteiger charge is 2.34. The van der Waals surface area contributed by atoms with Gasteiger partial charge in [0.1, 0.15) is 12.4 Å². The third-order valence-corrected chi connectivity index (χ3v) is 3.68. The SMILES string of the molecule is CC1CCN(C(=O)NCCc2ncn(C)n2)C(C(=O)O)C1. The van der Waals surface area contributed by atoms with Crippen LogP contribution in [0.1, 0.15) is 25.6 Å². The van der Waals surface area contributed by atoms with Crippen molar-refractivity contribution in [2.24, 2.45) is 13.0 Å². The van der Waals surface area contributed by atoms with E-state index in [0.717, 1.165) is 6.42 Å². The molecule has 21 heavy (non-hydrogen) atoms. The minimum absolute atomic E-state index is 0.327. The second kappa shape index (κ2) is 6.55. The molecule has 1 aliphatic rings. The fourth-order valence-corrected chi connectivity index (χ4v) is 2.50. The van der Waals surface area contributed by atoms with Crippen LogP contribution >= 0.6 is 0 Å². The van der Waals surface area contributed by atoms with E-state index in [2.05, 4.69) is 15.4 Å². The van der Waals surface area contributed by atoms with E-state index in [9.17, 15) is 14.7 Å². The number of hydrogen-bond acceptors (Lipinski definition) is 4. The lowest BCUT2D eigenvalue weighted by atomic mass is 9.93. The van der Waals surface area contributed by atoms with Gasteiger partial charge in [-0.1, -0.05) is 6.92 Å². The number of aryl methyl sites for hydroxylation is 1. The van der Waals surface area contributed by atoms with E-state index >= 15 is 0 Å². The number of carboxylic acid groups (broad SMARTS) is 1. The Hall–Kier alpha value is -2.12. The molecule has 0 spiro atoms. The number of amides is 2. The average molecular weight is 295 g/mol. The minimum Gasteiger partial charge on any atom is -0.480 e. The summed E-state index contributed by atoms with van der Waals surface area (Å²) < 4.78 is 1.60. The summed E-state index contributed by atoms with van der Waals surface area (Å²) in [6.45, 7) is 2.88. The van der Waals surface area contributed by atoms with Crippen molar-refractivity contribution in [1.82, 2.24) is 25.0 Å². The number of piperidine rings is 1. The molecule has 1 saturated heterocycles. The number of urea groups is 1. The Bertz CT molecular complexity index is 516. The van der Waals surface area contributed by atoms with Gasteiger partial charge in [0.25, 0.3) is 0 Å². The largest absolute Gasteiger partial charge is 0.480 e. The first kappa shape index (κ1) is 15.3. The lowest BCUT2D eigenvalue weighted by Crippen LogP contribution is -2.53. The normalized spacial score (nSPS) is 22.1. The Labute approximate surface area is 123 Å². The Balaban J connectivity index is 1.85. The summed E-state index contributed by atoms with van der Waals surface area (Å²) >= 11 is 0. The molecule has 1 fully saturated rings. The predicted octanol–water partition coefficient (Wildman–Crippen LogP) is 0.252. The molecule has 0 aromatic carbocycles. The van der Waals surface area contributed by atoms with E-state index in [1.807, 2.05) is 6.92 Å². The Morgan fingerprint density at radius 2 is 2.29 bits per heavy atom. The van der Waals surface area contributed by atoms with Gasteiger partial charge < -0.3 is 15.3 Å². The summed E-state index contributed by atoms with van der Waals surface area (Å²) in [5, 5.41) is 16.1. The van der Waals surface area contributed by atoms with Crippen LogP contribution in [-0.4, -0.2) is 55.9 Å². The molecule has 0 radical (unpaired) electrons. The van der Waals surface area contributed by atoms with Gasteiger partial charge in [-0.15, -0.1) is 0 Å². The lowest BCUT2D eigenvalue weighted by molar-refractivity contribution is -0.143. The number of carboxylic acids is 1. The maximum Gasteiger partial charge on any atom is 0.326 e. The highest BCUT2D eigenvalue weighted by molar-refractivity contribution is 5.82. The van der Waals surface area contributed by atoms with E-state index < -0.39 is 12.0 Å². The van der Waals surface area contributed by atoms with Crippen LogP contribution < -0.4 is 5.32 Å². The summed E-state index contributed by atoms with van der Waals surface area (Å²) in [5.41, 5.74) is 0. The van der Waals surface area contributed by atoms with Crippen molar-refractivity contribution in [2.75, 3.05) is 13.1 Å². The average Bonchev–Trinajstić information content (AvgIpc) is 2.84. The van der Waals surface area contributed by atoms with Crippen LogP contribution in [0.3, 0.4) is 0 Å². The van der Waals surface area contributed by atoms with Crippen LogP contribution in [0.25, 0.3) is 0 Å². The quantitative estimate of drug-likeness (QED) is 0.829. The molecule has 2 unspecified atom stereocenters. The number of nitrogens with zero attached hydrogens (tertiary/aromatic N) is 4. The molecular formula is C13H21N5O3. The van der Waals surface area contributed by atoms with Crippen LogP contribution in [0.4, 0.5) is 4.79 Å². The minimum atomic E-state index is -0.942. The summed E-state index contributed by atoms with van der Waals surface area (Å²) in [6.07, 6.45) is 3.46. The zero-order valence-electron chi connectivity index (χ0n) is 12.3. The van der Waals surface area contributed by atoms with E-state index in [1.165, 1.54) is 4.90 Å². The van der Waals surface area contributed by atoms with Crippen molar-refractivity contribution < 1.29 is 14.7 Å². The molecule has 1 aromatic rings. The lowest BCUT2D eigenvalue weighted by Gasteiger charge is -2.35. The molecule has 2 heterocycles. The summed E-state index contributed by atoms with van der Waals surface area (Å²) in [4.78, 5) is 28.9. The molecular weight excluding hydrogens is 274 g/mol. The number of rotatable bonds is 4. The van der Waals surface area contributed by atoms with Gasteiger partial charge in [0.15, 0.2) is 5.82 Å². The van der Waals surface area contributed by atoms with E-state index in [4.69, 9.17) is 0 Å².